The molecule has 5 heteroatoms. The summed E-state index contributed by atoms with van der Waals surface area (Å²) in [7, 11) is 5.77. The molecule has 0 unspecified atom stereocenters. The lowest BCUT2D eigenvalue weighted by molar-refractivity contribution is 0.345. The zero-order chi connectivity index (χ0) is 13.3. The SMILES string of the molecule is [B]Cc1cc2cnc(C#N)nc2n1CC(C)(C)C. The van der Waals surface area contributed by atoms with Crippen molar-refractivity contribution in [3.63, 3.8) is 0 Å². The number of aromatic nitrogens is 3. The molecule has 0 aliphatic heterocycles. The fourth-order valence-corrected chi connectivity index (χ4v) is 1.97. The lowest BCUT2D eigenvalue weighted by atomic mass is 9.96. The Hall–Kier alpha value is -1.83. The van der Waals surface area contributed by atoms with E-state index in [2.05, 4.69) is 35.3 Å². The van der Waals surface area contributed by atoms with Crippen LogP contribution in [0.3, 0.4) is 0 Å². The summed E-state index contributed by atoms with van der Waals surface area (Å²) < 4.78 is 2.08. The molecule has 4 nitrogen and oxygen atoms in total. The molecule has 0 bridgehead atoms. The zero-order valence-electron chi connectivity index (χ0n) is 10.9. The van der Waals surface area contributed by atoms with Crippen LogP contribution in [0.5, 0.6) is 0 Å². The topological polar surface area (TPSA) is 54.5 Å². The second kappa shape index (κ2) is 4.45. The first-order valence-electron chi connectivity index (χ1n) is 5.90. The van der Waals surface area contributed by atoms with Gasteiger partial charge in [0.15, 0.2) is 0 Å². The number of hydrogen-bond donors (Lipinski definition) is 0. The molecular weight excluding hydrogens is 223 g/mol. The predicted molar refractivity (Wildman–Crippen MR) is 71.2 cm³/mol. The molecule has 0 N–H and O–H groups in total. The van der Waals surface area contributed by atoms with Crippen LogP contribution in [0, 0.1) is 16.7 Å². The molecule has 0 fully saturated rings. The van der Waals surface area contributed by atoms with Gasteiger partial charge in [0.05, 0.1) is 7.85 Å². The van der Waals surface area contributed by atoms with Crippen molar-refractivity contribution in [2.75, 3.05) is 0 Å². The van der Waals surface area contributed by atoms with Gasteiger partial charge in [0.2, 0.25) is 5.82 Å². The minimum atomic E-state index is 0.119. The molecule has 2 radical (unpaired) electrons. The van der Waals surface area contributed by atoms with Crippen molar-refractivity contribution in [2.24, 2.45) is 5.41 Å². The molecule has 0 aliphatic rings. The molecule has 2 heterocycles. The van der Waals surface area contributed by atoms with Crippen molar-refractivity contribution in [1.29, 1.82) is 5.26 Å². The van der Waals surface area contributed by atoms with E-state index in [0.717, 1.165) is 23.3 Å². The van der Waals surface area contributed by atoms with Gasteiger partial charge in [-0.15, -0.1) is 0 Å². The predicted octanol–water partition coefficient (Wildman–Crippen LogP) is 2.02. The maximum atomic E-state index is 8.88. The molecular formula is C13H15BN4. The lowest BCUT2D eigenvalue weighted by Gasteiger charge is -2.21. The maximum absolute atomic E-state index is 8.88. The summed E-state index contributed by atoms with van der Waals surface area (Å²) in [5.41, 5.74) is 1.93. The normalized spacial score (nSPS) is 11.7. The second-order valence-corrected chi connectivity index (χ2v) is 5.57. The molecule has 18 heavy (non-hydrogen) atoms. The molecule has 2 aromatic rings. The van der Waals surface area contributed by atoms with E-state index < -0.39 is 0 Å². The highest BCUT2D eigenvalue weighted by atomic mass is 15.1. The Labute approximate surface area is 108 Å². The van der Waals surface area contributed by atoms with Gasteiger partial charge in [-0.05, 0) is 17.8 Å². The van der Waals surface area contributed by atoms with E-state index in [1.807, 2.05) is 12.1 Å². The largest absolute Gasteiger partial charge is 0.330 e. The van der Waals surface area contributed by atoms with E-state index in [1.165, 1.54) is 0 Å². The van der Waals surface area contributed by atoms with Crippen LogP contribution < -0.4 is 0 Å². The zero-order valence-corrected chi connectivity index (χ0v) is 10.9. The molecule has 0 aliphatic carbocycles. The quantitative estimate of drug-likeness (QED) is 0.752. The van der Waals surface area contributed by atoms with Crippen LogP contribution in [-0.4, -0.2) is 22.4 Å². The summed E-state index contributed by atoms with van der Waals surface area (Å²) in [6.45, 7) is 7.29. The summed E-state index contributed by atoms with van der Waals surface area (Å²) in [5, 5.41) is 9.80. The Kier molecular flexibility index (Phi) is 3.12. The van der Waals surface area contributed by atoms with E-state index in [0.29, 0.717) is 6.32 Å². The highest BCUT2D eigenvalue weighted by Gasteiger charge is 2.17. The first-order valence-corrected chi connectivity index (χ1v) is 5.90. The van der Waals surface area contributed by atoms with Gasteiger partial charge >= 0.3 is 0 Å². The number of hydrogen-bond acceptors (Lipinski definition) is 3. The molecule has 0 spiro atoms. The molecule has 90 valence electrons. The summed E-state index contributed by atoms with van der Waals surface area (Å²) in [5.74, 6) is 0.194. The summed E-state index contributed by atoms with van der Waals surface area (Å²) >= 11 is 0. The smallest absolute Gasteiger partial charge is 0.234 e. The minimum absolute atomic E-state index is 0.119. The number of nitrogens with zero attached hydrogens (tertiary/aromatic N) is 4. The summed E-state index contributed by atoms with van der Waals surface area (Å²) in [6.07, 6.45) is 2.13. The van der Waals surface area contributed by atoms with E-state index in [-0.39, 0.29) is 11.2 Å². The number of fused-ring (bicyclic) bond motifs is 1. The highest BCUT2D eigenvalue weighted by Crippen LogP contribution is 2.24. The van der Waals surface area contributed by atoms with E-state index in [9.17, 15) is 0 Å². The molecule has 0 amide bonds. The minimum Gasteiger partial charge on any atom is -0.330 e. The standard InChI is InChI=1S/C13H15BN4/c1-13(2,3)8-18-10(5-14)4-9-7-16-11(6-15)17-12(9)18/h4,7H,5,8H2,1-3H3. The highest BCUT2D eigenvalue weighted by molar-refractivity contribution is 6.08. The third kappa shape index (κ3) is 2.38. The van der Waals surface area contributed by atoms with Gasteiger partial charge in [0, 0.05) is 23.8 Å². The number of nitriles is 1. The van der Waals surface area contributed by atoms with E-state index in [1.54, 1.807) is 6.20 Å². The average Bonchev–Trinajstić information content (AvgIpc) is 2.64. The van der Waals surface area contributed by atoms with Gasteiger partial charge < -0.3 is 4.57 Å². The van der Waals surface area contributed by atoms with Crippen molar-refractivity contribution >= 4 is 18.9 Å². The molecule has 2 rings (SSSR count). The van der Waals surface area contributed by atoms with Crippen LogP contribution in [-0.2, 0) is 12.9 Å². The van der Waals surface area contributed by atoms with Crippen molar-refractivity contribution in [3.8, 4) is 6.07 Å². The average molecular weight is 238 g/mol. The summed E-state index contributed by atoms with van der Waals surface area (Å²) in [4.78, 5) is 8.27. The molecule has 0 saturated heterocycles. The van der Waals surface area contributed by atoms with Crippen LogP contribution in [0.4, 0.5) is 0 Å². The lowest BCUT2D eigenvalue weighted by Crippen LogP contribution is -2.17. The fourth-order valence-electron chi connectivity index (χ4n) is 1.97. The van der Waals surface area contributed by atoms with Crippen LogP contribution in [0.1, 0.15) is 32.3 Å². The van der Waals surface area contributed by atoms with Crippen molar-refractivity contribution in [3.05, 3.63) is 23.8 Å². The van der Waals surface area contributed by atoms with Gasteiger partial charge in [0.1, 0.15) is 11.7 Å². The number of rotatable bonds is 2. The van der Waals surface area contributed by atoms with Crippen molar-refractivity contribution in [1.82, 2.24) is 14.5 Å². The van der Waals surface area contributed by atoms with Gasteiger partial charge in [-0.25, -0.2) is 9.97 Å². The van der Waals surface area contributed by atoms with Crippen molar-refractivity contribution in [2.45, 2.75) is 33.6 Å². The molecule has 0 aromatic carbocycles. The Balaban J connectivity index is 2.63. The maximum Gasteiger partial charge on any atom is 0.234 e. The first-order chi connectivity index (χ1) is 8.44. The first kappa shape index (κ1) is 12.6. The molecule has 2 aromatic heterocycles. The van der Waals surface area contributed by atoms with Gasteiger partial charge in [-0.1, -0.05) is 20.8 Å². The third-order valence-electron chi connectivity index (χ3n) is 2.66. The fraction of sp³-hybridized carbons (Fsp3) is 0.462. The Bertz CT molecular complexity index is 616. The molecule has 0 atom stereocenters. The monoisotopic (exact) mass is 238 g/mol. The molecule has 0 saturated carbocycles. The Morgan fingerprint density at radius 1 is 1.44 bits per heavy atom. The Morgan fingerprint density at radius 3 is 2.72 bits per heavy atom. The van der Waals surface area contributed by atoms with Gasteiger partial charge in [0.25, 0.3) is 0 Å². The van der Waals surface area contributed by atoms with Gasteiger partial charge in [-0.3, -0.25) is 0 Å². The van der Waals surface area contributed by atoms with Crippen LogP contribution in [0.2, 0.25) is 0 Å². The summed E-state index contributed by atoms with van der Waals surface area (Å²) in [6, 6.07) is 3.96. The van der Waals surface area contributed by atoms with Crippen molar-refractivity contribution < 1.29 is 0 Å². The van der Waals surface area contributed by atoms with Crippen LogP contribution in [0.15, 0.2) is 12.3 Å². The van der Waals surface area contributed by atoms with Crippen LogP contribution in [0.25, 0.3) is 11.0 Å². The van der Waals surface area contributed by atoms with E-state index >= 15 is 0 Å². The van der Waals surface area contributed by atoms with E-state index in [4.69, 9.17) is 13.1 Å². The second-order valence-electron chi connectivity index (χ2n) is 5.57. The van der Waals surface area contributed by atoms with Gasteiger partial charge in [-0.2, -0.15) is 5.26 Å². The van der Waals surface area contributed by atoms with Crippen LogP contribution >= 0.6 is 0 Å². The Morgan fingerprint density at radius 2 is 2.17 bits per heavy atom. The third-order valence-corrected chi connectivity index (χ3v) is 2.66.